The van der Waals surface area contributed by atoms with Gasteiger partial charge in [0.25, 0.3) is 5.91 Å². The van der Waals surface area contributed by atoms with E-state index in [9.17, 15) is 9.59 Å². The normalized spacial score (nSPS) is 10.9. The number of carbonyl (C=O) groups excluding carboxylic acids is 2. The number of hydrogen-bond acceptors (Lipinski definition) is 4. The molecule has 0 atom stereocenters. The van der Waals surface area contributed by atoms with E-state index >= 15 is 0 Å². The molecule has 1 N–H and O–H groups in total. The molecule has 0 heterocycles. The summed E-state index contributed by atoms with van der Waals surface area (Å²) < 4.78 is 4.95. The largest absolute Gasteiger partial charge is 0.426 e. The zero-order valence-electron chi connectivity index (χ0n) is 10.7. The number of nitrogens with one attached hydrogen (secondary N) is 1. The van der Waals surface area contributed by atoms with Crippen LogP contribution in [0.2, 0.25) is 0 Å². The van der Waals surface area contributed by atoms with Crippen LogP contribution in [0.1, 0.15) is 37.6 Å². The number of carbonyl (C=O) groups is 2. The molecule has 0 unspecified atom stereocenters. The van der Waals surface area contributed by atoms with Gasteiger partial charge in [0.15, 0.2) is 0 Å². The van der Waals surface area contributed by atoms with Crippen molar-refractivity contribution in [3.8, 4) is 5.75 Å². The standard InChI is InChI=1S/C13H16N2O3/c1-4-9(2)14-15-13(17)11-7-5-6-8-12(11)18-10(3)16/h5-8H,4H2,1-3H3,(H,15,17)/b14-9+. The van der Waals surface area contributed by atoms with Crippen LogP contribution in [0.25, 0.3) is 0 Å². The Hall–Kier alpha value is -2.17. The molecule has 0 radical (unpaired) electrons. The molecule has 1 amide bonds. The van der Waals surface area contributed by atoms with Gasteiger partial charge in [0.1, 0.15) is 5.75 Å². The number of hydrazone groups is 1. The van der Waals surface area contributed by atoms with Crippen LogP contribution in [0.5, 0.6) is 5.75 Å². The van der Waals surface area contributed by atoms with Crippen molar-refractivity contribution in [2.24, 2.45) is 5.10 Å². The maximum Gasteiger partial charge on any atom is 0.308 e. The van der Waals surface area contributed by atoms with Crippen molar-refractivity contribution in [1.29, 1.82) is 0 Å². The van der Waals surface area contributed by atoms with E-state index in [1.165, 1.54) is 6.92 Å². The topological polar surface area (TPSA) is 67.8 Å². The van der Waals surface area contributed by atoms with E-state index in [-0.39, 0.29) is 11.3 Å². The lowest BCUT2D eigenvalue weighted by Gasteiger charge is -2.07. The molecule has 5 nitrogen and oxygen atoms in total. The average molecular weight is 248 g/mol. The van der Waals surface area contributed by atoms with Crippen LogP contribution < -0.4 is 10.2 Å². The minimum Gasteiger partial charge on any atom is -0.426 e. The van der Waals surface area contributed by atoms with Gasteiger partial charge in [-0.25, -0.2) is 5.43 Å². The molecule has 0 fully saturated rings. The Bertz CT molecular complexity index is 481. The van der Waals surface area contributed by atoms with Gasteiger partial charge in [-0.3, -0.25) is 9.59 Å². The number of nitrogens with zero attached hydrogens (tertiary/aromatic N) is 1. The van der Waals surface area contributed by atoms with Crippen molar-refractivity contribution < 1.29 is 14.3 Å². The van der Waals surface area contributed by atoms with E-state index < -0.39 is 11.9 Å². The molecule has 1 aromatic carbocycles. The van der Waals surface area contributed by atoms with Crippen molar-refractivity contribution in [2.75, 3.05) is 0 Å². The van der Waals surface area contributed by atoms with Gasteiger partial charge in [0, 0.05) is 12.6 Å². The summed E-state index contributed by atoms with van der Waals surface area (Å²) in [5, 5.41) is 3.92. The van der Waals surface area contributed by atoms with E-state index in [1.54, 1.807) is 24.3 Å². The SMILES string of the molecule is CC/C(C)=N/NC(=O)c1ccccc1OC(C)=O. The van der Waals surface area contributed by atoms with Crippen molar-refractivity contribution in [3.63, 3.8) is 0 Å². The Balaban J connectivity index is 2.88. The molecule has 96 valence electrons. The first kappa shape index (κ1) is 13.9. The van der Waals surface area contributed by atoms with E-state index in [0.717, 1.165) is 12.1 Å². The summed E-state index contributed by atoms with van der Waals surface area (Å²) in [4.78, 5) is 22.8. The van der Waals surface area contributed by atoms with Gasteiger partial charge in [-0.05, 0) is 25.5 Å². The number of benzene rings is 1. The summed E-state index contributed by atoms with van der Waals surface area (Å²) in [5.74, 6) is -0.644. The van der Waals surface area contributed by atoms with E-state index in [2.05, 4.69) is 10.5 Å². The van der Waals surface area contributed by atoms with Crippen LogP contribution in [0.3, 0.4) is 0 Å². The molecule has 0 saturated heterocycles. The highest BCUT2D eigenvalue weighted by Crippen LogP contribution is 2.17. The lowest BCUT2D eigenvalue weighted by Crippen LogP contribution is -2.20. The average Bonchev–Trinajstić information content (AvgIpc) is 2.35. The summed E-state index contributed by atoms with van der Waals surface area (Å²) >= 11 is 0. The summed E-state index contributed by atoms with van der Waals surface area (Å²) in [6, 6.07) is 6.52. The molecule has 0 aromatic heterocycles. The van der Waals surface area contributed by atoms with Crippen LogP contribution in [-0.4, -0.2) is 17.6 Å². The Kier molecular flexibility index (Phi) is 5.05. The van der Waals surface area contributed by atoms with Gasteiger partial charge in [-0.2, -0.15) is 5.10 Å². The summed E-state index contributed by atoms with van der Waals surface area (Å²) in [6.07, 6.45) is 0.756. The first-order valence-corrected chi connectivity index (χ1v) is 5.65. The van der Waals surface area contributed by atoms with Crippen molar-refractivity contribution in [1.82, 2.24) is 5.43 Å². The number of esters is 1. The Morgan fingerprint density at radius 3 is 2.56 bits per heavy atom. The van der Waals surface area contributed by atoms with Gasteiger partial charge < -0.3 is 4.74 Å². The smallest absolute Gasteiger partial charge is 0.308 e. The molecule has 0 aliphatic carbocycles. The fourth-order valence-corrected chi connectivity index (χ4v) is 1.18. The highest BCUT2D eigenvalue weighted by atomic mass is 16.5. The summed E-state index contributed by atoms with van der Waals surface area (Å²) in [6.45, 7) is 5.05. The maximum atomic E-state index is 11.9. The highest BCUT2D eigenvalue weighted by Gasteiger charge is 2.12. The van der Waals surface area contributed by atoms with Gasteiger partial charge in [0.2, 0.25) is 0 Å². The second kappa shape index (κ2) is 6.54. The van der Waals surface area contributed by atoms with Crippen LogP contribution in [-0.2, 0) is 4.79 Å². The lowest BCUT2D eigenvalue weighted by atomic mass is 10.2. The van der Waals surface area contributed by atoms with Crippen molar-refractivity contribution in [3.05, 3.63) is 29.8 Å². The third kappa shape index (κ3) is 4.01. The number of rotatable bonds is 4. The highest BCUT2D eigenvalue weighted by molar-refractivity contribution is 5.98. The van der Waals surface area contributed by atoms with Gasteiger partial charge >= 0.3 is 5.97 Å². The van der Waals surface area contributed by atoms with E-state index in [4.69, 9.17) is 4.74 Å². The third-order valence-corrected chi connectivity index (χ3v) is 2.25. The van der Waals surface area contributed by atoms with E-state index in [1.807, 2.05) is 13.8 Å². The maximum absolute atomic E-state index is 11.9. The second-order valence-corrected chi connectivity index (χ2v) is 3.73. The molecule has 0 saturated carbocycles. The number of amides is 1. The van der Waals surface area contributed by atoms with Crippen LogP contribution in [0.4, 0.5) is 0 Å². The quantitative estimate of drug-likeness (QED) is 0.384. The zero-order valence-corrected chi connectivity index (χ0v) is 10.7. The van der Waals surface area contributed by atoms with Crippen LogP contribution in [0.15, 0.2) is 29.4 Å². The predicted octanol–water partition coefficient (Wildman–Crippen LogP) is 2.13. The molecular weight excluding hydrogens is 232 g/mol. The molecule has 0 aliphatic rings. The fraction of sp³-hybridized carbons (Fsp3) is 0.308. The molecule has 0 aliphatic heterocycles. The summed E-state index contributed by atoms with van der Waals surface area (Å²) in [5.41, 5.74) is 3.51. The van der Waals surface area contributed by atoms with Crippen LogP contribution >= 0.6 is 0 Å². The summed E-state index contributed by atoms with van der Waals surface area (Å²) in [7, 11) is 0. The molecule has 0 spiro atoms. The van der Waals surface area contributed by atoms with Gasteiger partial charge in [-0.15, -0.1) is 0 Å². The Morgan fingerprint density at radius 2 is 1.94 bits per heavy atom. The second-order valence-electron chi connectivity index (χ2n) is 3.73. The minimum absolute atomic E-state index is 0.229. The minimum atomic E-state index is -0.469. The molecule has 1 aromatic rings. The van der Waals surface area contributed by atoms with Crippen molar-refractivity contribution >= 4 is 17.6 Å². The van der Waals surface area contributed by atoms with Crippen molar-refractivity contribution in [2.45, 2.75) is 27.2 Å². The molecule has 18 heavy (non-hydrogen) atoms. The first-order chi connectivity index (χ1) is 8.54. The Morgan fingerprint density at radius 1 is 1.28 bits per heavy atom. The van der Waals surface area contributed by atoms with E-state index in [0.29, 0.717) is 0 Å². The van der Waals surface area contributed by atoms with Gasteiger partial charge in [-0.1, -0.05) is 19.1 Å². The first-order valence-electron chi connectivity index (χ1n) is 5.65. The number of para-hydroxylation sites is 1. The van der Waals surface area contributed by atoms with Crippen LogP contribution in [0, 0.1) is 0 Å². The molecule has 5 heteroatoms. The third-order valence-electron chi connectivity index (χ3n) is 2.25. The Labute approximate surface area is 106 Å². The number of hydrogen-bond donors (Lipinski definition) is 1. The molecular formula is C13H16N2O3. The fourth-order valence-electron chi connectivity index (χ4n) is 1.18. The monoisotopic (exact) mass is 248 g/mol. The molecule has 1 rings (SSSR count). The van der Waals surface area contributed by atoms with Gasteiger partial charge in [0.05, 0.1) is 5.56 Å². The predicted molar refractivity (Wildman–Crippen MR) is 68.6 cm³/mol. The lowest BCUT2D eigenvalue weighted by molar-refractivity contribution is -0.131. The zero-order chi connectivity index (χ0) is 13.5. The molecule has 0 bridgehead atoms. The number of ether oxygens (including phenoxy) is 1.